The molecule has 0 atom stereocenters. The van der Waals surface area contributed by atoms with Gasteiger partial charge in [0.05, 0.1) is 12.6 Å². The molecule has 0 aromatic carbocycles. The van der Waals surface area contributed by atoms with Gasteiger partial charge in [0.15, 0.2) is 0 Å². The average molecular weight is 314 g/mol. The molecule has 3 amide bonds. The zero-order chi connectivity index (χ0) is 16.4. The molecule has 128 valence electrons. The van der Waals surface area contributed by atoms with Crippen LogP contribution in [-0.2, 0) is 9.53 Å². The first-order valence-electron chi connectivity index (χ1n) is 8.15. The minimum atomic E-state index is -0.429. The summed E-state index contributed by atoms with van der Waals surface area (Å²) in [7, 11) is 0. The molecule has 1 aliphatic heterocycles. The zero-order valence-electron chi connectivity index (χ0n) is 14.1. The van der Waals surface area contributed by atoms with Crippen molar-refractivity contribution in [2.75, 3.05) is 52.4 Å². The van der Waals surface area contributed by atoms with E-state index in [0.717, 1.165) is 39.1 Å². The lowest BCUT2D eigenvalue weighted by molar-refractivity contribution is -0.121. The highest BCUT2D eigenvalue weighted by Gasteiger charge is 2.18. The third-order valence-corrected chi connectivity index (χ3v) is 3.59. The van der Waals surface area contributed by atoms with Gasteiger partial charge in [-0.25, -0.2) is 4.79 Å². The smallest absolute Gasteiger partial charge is 0.321 e. The molecule has 0 unspecified atom stereocenters. The van der Waals surface area contributed by atoms with E-state index in [9.17, 15) is 9.59 Å². The predicted molar refractivity (Wildman–Crippen MR) is 85.8 cm³/mol. The van der Waals surface area contributed by atoms with E-state index in [1.807, 2.05) is 13.8 Å². The molecule has 7 nitrogen and oxygen atoms in total. The summed E-state index contributed by atoms with van der Waals surface area (Å²) in [4.78, 5) is 27.8. The number of nitrogens with one attached hydrogen (secondary N) is 2. The molecular weight excluding hydrogens is 284 g/mol. The van der Waals surface area contributed by atoms with Gasteiger partial charge in [-0.1, -0.05) is 6.92 Å². The van der Waals surface area contributed by atoms with Crippen LogP contribution in [-0.4, -0.2) is 80.3 Å². The van der Waals surface area contributed by atoms with Crippen molar-refractivity contribution < 1.29 is 14.3 Å². The number of carbonyl (C=O) groups excluding carboxylic acids is 2. The van der Waals surface area contributed by atoms with Crippen molar-refractivity contribution in [3.8, 4) is 0 Å². The first-order valence-corrected chi connectivity index (χ1v) is 8.15. The lowest BCUT2D eigenvalue weighted by Gasteiger charge is -2.33. The van der Waals surface area contributed by atoms with Crippen LogP contribution in [0.4, 0.5) is 4.79 Å². The van der Waals surface area contributed by atoms with Crippen LogP contribution in [0.5, 0.6) is 0 Å². The fourth-order valence-corrected chi connectivity index (χ4v) is 2.27. The molecule has 0 aromatic rings. The second-order valence-corrected chi connectivity index (χ2v) is 5.79. The molecule has 0 aromatic heterocycles. The molecule has 0 aliphatic carbocycles. The fourth-order valence-electron chi connectivity index (χ4n) is 2.27. The number of carbonyl (C=O) groups is 2. The van der Waals surface area contributed by atoms with Crippen molar-refractivity contribution in [1.29, 1.82) is 0 Å². The summed E-state index contributed by atoms with van der Waals surface area (Å²) in [5.74, 6) is -0.249. The molecule has 7 heteroatoms. The highest BCUT2D eigenvalue weighted by atomic mass is 16.5. The summed E-state index contributed by atoms with van der Waals surface area (Å²) in [5, 5.41) is 5.03. The van der Waals surface area contributed by atoms with Gasteiger partial charge in [-0.05, 0) is 26.8 Å². The summed E-state index contributed by atoms with van der Waals surface area (Å²) in [6.07, 6.45) is 0.933. The van der Waals surface area contributed by atoms with Crippen molar-refractivity contribution in [2.45, 2.75) is 33.3 Å². The van der Waals surface area contributed by atoms with Crippen LogP contribution < -0.4 is 10.6 Å². The number of ether oxygens (including phenoxy) is 1. The second kappa shape index (κ2) is 10.5. The number of rotatable bonds is 8. The average Bonchev–Trinajstić information content (AvgIpc) is 2.47. The minimum Gasteiger partial charge on any atom is -0.379 e. The number of imide groups is 1. The quantitative estimate of drug-likeness (QED) is 0.629. The number of amides is 3. The first kappa shape index (κ1) is 18.9. The van der Waals surface area contributed by atoms with Crippen LogP contribution in [0, 0.1) is 0 Å². The zero-order valence-corrected chi connectivity index (χ0v) is 14.1. The van der Waals surface area contributed by atoms with E-state index in [1.165, 1.54) is 0 Å². The maximum absolute atomic E-state index is 11.8. The number of nitrogens with zero attached hydrogens (tertiary/aromatic N) is 2. The summed E-state index contributed by atoms with van der Waals surface area (Å²) in [6, 6.07) is -0.429. The van der Waals surface area contributed by atoms with Gasteiger partial charge in [-0.2, -0.15) is 0 Å². The SMILES string of the molecule is CCN1CCN(CC(=O)NC(=O)NCCCOC(C)C)CC1. The lowest BCUT2D eigenvalue weighted by Crippen LogP contribution is -2.51. The van der Waals surface area contributed by atoms with Crippen LogP contribution in [0.2, 0.25) is 0 Å². The Morgan fingerprint density at radius 2 is 1.77 bits per heavy atom. The van der Waals surface area contributed by atoms with Gasteiger partial charge in [-0.3, -0.25) is 15.0 Å². The van der Waals surface area contributed by atoms with Gasteiger partial charge in [0.25, 0.3) is 0 Å². The molecule has 2 N–H and O–H groups in total. The first-order chi connectivity index (χ1) is 10.5. The predicted octanol–water partition coefficient (Wildman–Crippen LogP) is 0.265. The number of likely N-dealkylation sites (N-methyl/N-ethyl adjacent to an activating group) is 1. The molecule has 1 rings (SSSR count). The van der Waals surface area contributed by atoms with Gasteiger partial charge in [0.1, 0.15) is 0 Å². The van der Waals surface area contributed by atoms with Crippen molar-refractivity contribution in [1.82, 2.24) is 20.4 Å². The van der Waals surface area contributed by atoms with Crippen LogP contribution in [0.1, 0.15) is 27.2 Å². The van der Waals surface area contributed by atoms with Crippen LogP contribution >= 0.6 is 0 Å². The highest BCUT2D eigenvalue weighted by Crippen LogP contribution is 2.00. The number of hydrogen-bond acceptors (Lipinski definition) is 5. The lowest BCUT2D eigenvalue weighted by atomic mass is 10.3. The Hall–Kier alpha value is -1.18. The molecule has 1 fully saturated rings. The molecule has 1 heterocycles. The topological polar surface area (TPSA) is 73.9 Å². The molecule has 1 aliphatic rings. The normalized spacial score (nSPS) is 16.7. The Kier molecular flexibility index (Phi) is 9.03. The summed E-state index contributed by atoms with van der Waals surface area (Å²) >= 11 is 0. The molecule has 0 spiro atoms. The van der Waals surface area contributed by atoms with E-state index >= 15 is 0 Å². The molecule has 22 heavy (non-hydrogen) atoms. The van der Waals surface area contributed by atoms with Crippen LogP contribution in [0.3, 0.4) is 0 Å². The molecule has 0 radical (unpaired) electrons. The number of piperazine rings is 1. The van der Waals surface area contributed by atoms with Crippen LogP contribution in [0.25, 0.3) is 0 Å². The van der Waals surface area contributed by atoms with E-state index in [4.69, 9.17) is 4.74 Å². The van der Waals surface area contributed by atoms with E-state index in [2.05, 4.69) is 27.4 Å². The Labute approximate surface area is 133 Å². The number of urea groups is 1. The Morgan fingerprint density at radius 1 is 1.14 bits per heavy atom. The molecular formula is C15H30N4O3. The van der Waals surface area contributed by atoms with E-state index < -0.39 is 6.03 Å². The summed E-state index contributed by atoms with van der Waals surface area (Å²) in [6.45, 7) is 12.2. The summed E-state index contributed by atoms with van der Waals surface area (Å²) in [5.41, 5.74) is 0. The second-order valence-electron chi connectivity index (χ2n) is 5.79. The standard InChI is InChI=1S/C15H30N4O3/c1-4-18-7-9-19(10-8-18)12-14(20)17-15(21)16-6-5-11-22-13(2)3/h13H,4-12H2,1-3H3,(H2,16,17,20,21). The highest BCUT2D eigenvalue weighted by molar-refractivity contribution is 5.95. The fraction of sp³-hybridized carbons (Fsp3) is 0.867. The molecule has 0 saturated carbocycles. The Morgan fingerprint density at radius 3 is 2.36 bits per heavy atom. The van der Waals surface area contributed by atoms with E-state index in [-0.39, 0.29) is 18.6 Å². The van der Waals surface area contributed by atoms with E-state index in [0.29, 0.717) is 13.2 Å². The maximum atomic E-state index is 11.8. The third-order valence-electron chi connectivity index (χ3n) is 3.59. The van der Waals surface area contributed by atoms with Crippen molar-refractivity contribution >= 4 is 11.9 Å². The van der Waals surface area contributed by atoms with Gasteiger partial charge in [0, 0.05) is 39.3 Å². The van der Waals surface area contributed by atoms with Crippen molar-refractivity contribution in [3.63, 3.8) is 0 Å². The van der Waals surface area contributed by atoms with Gasteiger partial charge in [0.2, 0.25) is 5.91 Å². The van der Waals surface area contributed by atoms with Crippen molar-refractivity contribution in [3.05, 3.63) is 0 Å². The largest absolute Gasteiger partial charge is 0.379 e. The molecule has 1 saturated heterocycles. The summed E-state index contributed by atoms with van der Waals surface area (Å²) < 4.78 is 5.37. The van der Waals surface area contributed by atoms with Gasteiger partial charge >= 0.3 is 6.03 Å². The van der Waals surface area contributed by atoms with Crippen LogP contribution in [0.15, 0.2) is 0 Å². The third kappa shape index (κ3) is 8.31. The molecule has 0 bridgehead atoms. The van der Waals surface area contributed by atoms with Crippen molar-refractivity contribution in [2.24, 2.45) is 0 Å². The minimum absolute atomic E-state index is 0.198. The Balaban J connectivity index is 2.07. The van der Waals surface area contributed by atoms with E-state index in [1.54, 1.807) is 0 Å². The maximum Gasteiger partial charge on any atom is 0.321 e. The van der Waals surface area contributed by atoms with Gasteiger partial charge < -0.3 is 15.0 Å². The number of hydrogen-bond donors (Lipinski definition) is 2. The van der Waals surface area contributed by atoms with Gasteiger partial charge in [-0.15, -0.1) is 0 Å². The Bertz CT molecular complexity index is 342. The monoisotopic (exact) mass is 314 g/mol.